The fraction of sp³-hybridized carbons (Fsp3) is 0.579. The molecule has 2 aliphatic heterocycles. The van der Waals surface area contributed by atoms with Crippen LogP contribution in [0.15, 0.2) is 24.3 Å². The topological polar surface area (TPSA) is 52.7 Å². The van der Waals surface area contributed by atoms with Gasteiger partial charge in [-0.15, -0.1) is 11.8 Å². The van der Waals surface area contributed by atoms with Gasteiger partial charge in [0, 0.05) is 24.3 Å². The third kappa shape index (κ3) is 3.78. The number of carbonyl (C=O) groups is 2. The number of urea groups is 1. The maximum absolute atomic E-state index is 12.5. The number of anilines is 1. The van der Waals surface area contributed by atoms with Gasteiger partial charge in [-0.25, -0.2) is 4.79 Å². The number of aryl methyl sites for hydroxylation is 1. The van der Waals surface area contributed by atoms with E-state index in [0.717, 1.165) is 18.5 Å². The highest BCUT2D eigenvalue weighted by Gasteiger charge is 2.49. The molecule has 5 nitrogen and oxygen atoms in total. The Morgan fingerprint density at radius 2 is 1.76 bits per heavy atom. The Balaban J connectivity index is 1.73. The molecule has 0 unspecified atom stereocenters. The van der Waals surface area contributed by atoms with Gasteiger partial charge >= 0.3 is 6.03 Å². The third-order valence-corrected chi connectivity index (χ3v) is 6.25. The van der Waals surface area contributed by atoms with Crippen molar-refractivity contribution in [1.29, 1.82) is 0 Å². The lowest BCUT2D eigenvalue weighted by atomic mass is 10.0. The minimum atomic E-state index is -0.238. The van der Waals surface area contributed by atoms with Crippen LogP contribution in [-0.4, -0.2) is 46.1 Å². The van der Waals surface area contributed by atoms with Gasteiger partial charge in [0.05, 0.1) is 10.6 Å². The molecule has 2 fully saturated rings. The number of rotatable bonds is 1. The predicted octanol–water partition coefficient (Wildman–Crippen LogP) is 3.38. The van der Waals surface area contributed by atoms with Crippen molar-refractivity contribution >= 4 is 29.4 Å². The van der Waals surface area contributed by atoms with Crippen molar-refractivity contribution in [3.8, 4) is 0 Å². The van der Waals surface area contributed by atoms with E-state index in [1.54, 1.807) is 11.8 Å². The minimum absolute atomic E-state index is 0.0152. The molecule has 2 saturated heterocycles. The van der Waals surface area contributed by atoms with Gasteiger partial charge in [0.1, 0.15) is 0 Å². The van der Waals surface area contributed by atoms with Gasteiger partial charge in [-0.1, -0.05) is 17.7 Å². The molecule has 0 radical (unpaired) electrons. The first-order valence-corrected chi connectivity index (χ1v) is 9.80. The lowest BCUT2D eigenvalue weighted by Crippen LogP contribution is -2.56. The van der Waals surface area contributed by atoms with E-state index in [2.05, 4.69) is 5.32 Å². The standard InChI is InChI=1S/C19H27N3O2S/c1-14-5-7-15(8-6-14)22-16(23)13-25-19(22)9-11-21(12-10-19)17(24)20-18(2,3)4/h5-8H,9-13H2,1-4H3,(H,20,24). The van der Waals surface area contributed by atoms with E-state index < -0.39 is 0 Å². The van der Waals surface area contributed by atoms with E-state index in [9.17, 15) is 9.59 Å². The number of carbonyl (C=O) groups excluding carboxylic acids is 2. The molecule has 2 heterocycles. The van der Waals surface area contributed by atoms with Crippen LogP contribution >= 0.6 is 11.8 Å². The van der Waals surface area contributed by atoms with Gasteiger partial charge in [-0.2, -0.15) is 0 Å². The summed E-state index contributed by atoms with van der Waals surface area (Å²) in [6.07, 6.45) is 1.60. The van der Waals surface area contributed by atoms with Crippen molar-refractivity contribution < 1.29 is 9.59 Å². The molecule has 1 aromatic carbocycles. The Kier molecular flexibility index (Phi) is 4.75. The van der Waals surface area contributed by atoms with Crippen molar-refractivity contribution in [2.75, 3.05) is 23.7 Å². The zero-order valence-corrected chi connectivity index (χ0v) is 16.3. The number of hydrogen-bond donors (Lipinski definition) is 1. The average molecular weight is 362 g/mol. The highest BCUT2D eigenvalue weighted by atomic mass is 32.2. The molecular formula is C19H27N3O2S. The Morgan fingerprint density at radius 3 is 2.32 bits per heavy atom. The van der Waals surface area contributed by atoms with Crippen LogP contribution in [0.2, 0.25) is 0 Å². The first-order chi connectivity index (χ1) is 11.7. The highest BCUT2D eigenvalue weighted by Crippen LogP contribution is 2.46. The molecule has 6 heteroatoms. The van der Waals surface area contributed by atoms with Crippen LogP contribution in [0.4, 0.5) is 10.5 Å². The van der Waals surface area contributed by atoms with E-state index >= 15 is 0 Å². The number of benzene rings is 1. The molecular weight excluding hydrogens is 334 g/mol. The molecule has 0 atom stereocenters. The summed E-state index contributed by atoms with van der Waals surface area (Å²) in [7, 11) is 0. The summed E-state index contributed by atoms with van der Waals surface area (Å²) in [5.74, 6) is 0.684. The summed E-state index contributed by atoms with van der Waals surface area (Å²) in [6, 6.07) is 8.13. The second kappa shape index (κ2) is 6.56. The van der Waals surface area contributed by atoms with Crippen molar-refractivity contribution in [2.45, 2.75) is 50.9 Å². The van der Waals surface area contributed by atoms with E-state index in [4.69, 9.17) is 0 Å². The van der Waals surface area contributed by atoms with Crippen LogP contribution in [0.5, 0.6) is 0 Å². The smallest absolute Gasteiger partial charge is 0.317 e. The van der Waals surface area contributed by atoms with Crippen LogP contribution in [0, 0.1) is 6.92 Å². The van der Waals surface area contributed by atoms with Crippen molar-refractivity contribution in [1.82, 2.24) is 10.2 Å². The fourth-order valence-electron chi connectivity index (χ4n) is 3.45. The first-order valence-electron chi connectivity index (χ1n) is 8.81. The summed E-state index contributed by atoms with van der Waals surface area (Å²) in [4.78, 5) is 28.6. The summed E-state index contributed by atoms with van der Waals surface area (Å²) in [6.45, 7) is 9.35. The van der Waals surface area contributed by atoms with E-state index in [0.29, 0.717) is 18.8 Å². The van der Waals surface area contributed by atoms with Crippen LogP contribution < -0.4 is 10.2 Å². The van der Waals surface area contributed by atoms with Crippen molar-refractivity contribution in [3.63, 3.8) is 0 Å². The quantitative estimate of drug-likeness (QED) is 0.834. The lowest BCUT2D eigenvalue weighted by molar-refractivity contribution is -0.116. The largest absolute Gasteiger partial charge is 0.333 e. The Morgan fingerprint density at radius 1 is 1.16 bits per heavy atom. The van der Waals surface area contributed by atoms with Gasteiger partial charge < -0.3 is 10.2 Å². The molecule has 3 amide bonds. The lowest BCUT2D eigenvalue weighted by Gasteiger charge is -2.44. The average Bonchev–Trinajstić information content (AvgIpc) is 2.84. The molecule has 0 aliphatic carbocycles. The third-order valence-electron chi connectivity index (χ3n) is 4.73. The van der Waals surface area contributed by atoms with Crippen molar-refractivity contribution in [3.05, 3.63) is 29.8 Å². The van der Waals surface area contributed by atoms with E-state index in [1.807, 2.05) is 61.8 Å². The zero-order valence-electron chi connectivity index (χ0n) is 15.5. The molecule has 1 aromatic rings. The number of thioether (sulfide) groups is 1. The summed E-state index contributed by atoms with van der Waals surface area (Å²) in [5.41, 5.74) is 1.91. The van der Waals surface area contributed by atoms with Gasteiger partial charge in [0.2, 0.25) is 5.91 Å². The molecule has 1 N–H and O–H groups in total. The monoisotopic (exact) mass is 361 g/mol. The molecule has 0 aromatic heterocycles. The van der Waals surface area contributed by atoms with Crippen LogP contribution in [-0.2, 0) is 4.79 Å². The van der Waals surface area contributed by atoms with Gasteiger partial charge in [0.15, 0.2) is 0 Å². The maximum Gasteiger partial charge on any atom is 0.317 e. The highest BCUT2D eigenvalue weighted by molar-refractivity contribution is 8.02. The zero-order chi connectivity index (χ0) is 18.2. The second-order valence-electron chi connectivity index (χ2n) is 7.97. The normalized spacial score (nSPS) is 20.2. The number of hydrogen-bond acceptors (Lipinski definition) is 3. The number of amides is 3. The molecule has 0 bridgehead atoms. The molecule has 3 rings (SSSR count). The van der Waals surface area contributed by atoms with Gasteiger partial charge in [-0.05, 0) is 52.7 Å². The Labute approximate surface area is 154 Å². The molecule has 2 aliphatic rings. The van der Waals surface area contributed by atoms with Gasteiger partial charge in [0.25, 0.3) is 0 Å². The van der Waals surface area contributed by atoms with Crippen molar-refractivity contribution in [2.24, 2.45) is 0 Å². The Bertz CT molecular complexity index is 658. The predicted molar refractivity (Wildman–Crippen MR) is 103 cm³/mol. The minimum Gasteiger partial charge on any atom is -0.333 e. The Hall–Kier alpha value is -1.69. The number of nitrogens with one attached hydrogen (secondary N) is 1. The molecule has 136 valence electrons. The van der Waals surface area contributed by atoms with E-state index in [-0.39, 0.29) is 22.3 Å². The molecule has 1 spiro atoms. The summed E-state index contributed by atoms with van der Waals surface area (Å²) < 4.78 is 0. The number of likely N-dealkylation sites (tertiary alicyclic amines) is 1. The number of piperidine rings is 1. The first kappa shape index (κ1) is 18.1. The fourth-order valence-corrected chi connectivity index (χ4v) is 4.78. The van der Waals surface area contributed by atoms with Crippen LogP contribution in [0.1, 0.15) is 39.2 Å². The molecule has 0 saturated carbocycles. The maximum atomic E-state index is 12.5. The van der Waals surface area contributed by atoms with Crippen LogP contribution in [0.3, 0.4) is 0 Å². The summed E-state index contributed by atoms with van der Waals surface area (Å²) in [5, 5.41) is 3.03. The summed E-state index contributed by atoms with van der Waals surface area (Å²) >= 11 is 1.73. The number of nitrogens with zero attached hydrogens (tertiary/aromatic N) is 2. The van der Waals surface area contributed by atoms with Crippen LogP contribution in [0.25, 0.3) is 0 Å². The second-order valence-corrected chi connectivity index (χ2v) is 9.30. The van der Waals surface area contributed by atoms with Gasteiger partial charge in [-0.3, -0.25) is 9.69 Å². The SMILES string of the molecule is Cc1ccc(N2C(=O)CSC23CCN(C(=O)NC(C)(C)C)CC3)cc1. The van der Waals surface area contributed by atoms with E-state index in [1.165, 1.54) is 5.56 Å². The molecule has 25 heavy (non-hydrogen) atoms.